The third-order valence-electron chi connectivity index (χ3n) is 4.55. The van der Waals surface area contributed by atoms with Gasteiger partial charge in [0, 0.05) is 45.6 Å². The SMILES string of the molecule is CSC1N=CC(C2c3[nH]c4ccc(Br)cc4c3CCN2C=O)=CN1. The van der Waals surface area contributed by atoms with E-state index >= 15 is 0 Å². The molecule has 0 saturated carbocycles. The number of fused-ring (bicyclic) bond motifs is 3. The van der Waals surface area contributed by atoms with Crippen LogP contribution in [0.5, 0.6) is 0 Å². The molecule has 4 rings (SSSR count). The van der Waals surface area contributed by atoms with Crippen LogP contribution < -0.4 is 5.32 Å². The van der Waals surface area contributed by atoms with Crippen LogP contribution in [0.25, 0.3) is 10.9 Å². The highest BCUT2D eigenvalue weighted by atomic mass is 79.9. The number of nitrogens with one attached hydrogen (secondary N) is 2. The molecule has 0 fully saturated rings. The second kappa shape index (κ2) is 6.29. The molecule has 2 N–H and O–H groups in total. The van der Waals surface area contributed by atoms with Gasteiger partial charge in [-0.15, -0.1) is 11.8 Å². The zero-order valence-corrected chi connectivity index (χ0v) is 15.5. The Morgan fingerprint density at radius 1 is 1.46 bits per heavy atom. The number of carbonyl (C=O) groups is 1. The van der Waals surface area contributed by atoms with E-state index in [9.17, 15) is 4.79 Å². The lowest BCUT2D eigenvalue weighted by Crippen LogP contribution is -2.37. The van der Waals surface area contributed by atoms with Gasteiger partial charge in [-0.25, -0.2) is 0 Å². The molecule has 1 aromatic heterocycles. The first kappa shape index (κ1) is 15.8. The van der Waals surface area contributed by atoms with Crippen molar-refractivity contribution >= 4 is 51.2 Å². The average molecular weight is 405 g/mol. The van der Waals surface area contributed by atoms with E-state index in [4.69, 9.17) is 0 Å². The molecule has 5 nitrogen and oxygen atoms in total. The smallest absolute Gasteiger partial charge is 0.210 e. The number of aromatic nitrogens is 1. The minimum absolute atomic E-state index is 0.0418. The number of carbonyl (C=O) groups excluding carboxylic acids is 1. The molecule has 124 valence electrons. The van der Waals surface area contributed by atoms with E-state index in [-0.39, 0.29) is 11.5 Å². The summed E-state index contributed by atoms with van der Waals surface area (Å²) in [6.45, 7) is 0.706. The van der Waals surface area contributed by atoms with Crippen LogP contribution in [0, 0.1) is 0 Å². The number of hydrogen-bond donors (Lipinski definition) is 2. The summed E-state index contributed by atoms with van der Waals surface area (Å²) in [7, 11) is 0. The van der Waals surface area contributed by atoms with Crippen molar-refractivity contribution in [1.29, 1.82) is 0 Å². The Morgan fingerprint density at radius 2 is 2.33 bits per heavy atom. The van der Waals surface area contributed by atoms with Gasteiger partial charge in [-0.1, -0.05) is 15.9 Å². The van der Waals surface area contributed by atoms with Gasteiger partial charge in [0.15, 0.2) is 5.50 Å². The maximum Gasteiger partial charge on any atom is 0.210 e. The zero-order valence-electron chi connectivity index (χ0n) is 13.1. The maximum atomic E-state index is 11.6. The number of aromatic amines is 1. The lowest BCUT2D eigenvalue weighted by atomic mass is 9.93. The van der Waals surface area contributed by atoms with E-state index < -0.39 is 0 Å². The summed E-state index contributed by atoms with van der Waals surface area (Å²) in [5.74, 6) is 0. The first-order chi connectivity index (χ1) is 11.7. The summed E-state index contributed by atoms with van der Waals surface area (Å²) in [5, 5.41) is 4.49. The van der Waals surface area contributed by atoms with Gasteiger partial charge < -0.3 is 15.2 Å². The third kappa shape index (κ3) is 2.56. The van der Waals surface area contributed by atoms with Crippen molar-refractivity contribution in [1.82, 2.24) is 15.2 Å². The molecule has 2 aliphatic rings. The Bertz CT molecular complexity index is 860. The van der Waals surface area contributed by atoms with E-state index in [2.05, 4.69) is 43.4 Å². The fourth-order valence-electron chi connectivity index (χ4n) is 3.43. The third-order valence-corrected chi connectivity index (χ3v) is 5.75. The molecule has 2 aromatic rings. The van der Waals surface area contributed by atoms with Gasteiger partial charge in [0.05, 0.1) is 6.04 Å². The van der Waals surface area contributed by atoms with Crippen LogP contribution in [-0.2, 0) is 11.2 Å². The molecule has 0 radical (unpaired) electrons. The average Bonchev–Trinajstić information content (AvgIpc) is 2.98. The number of benzene rings is 1. The van der Waals surface area contributed by atoms with E-state index in [1.165, 1.54) is 10.9 Å². The summed E-state index contributed by atoms with van der Waals surface area (Å²) >= 11 is 5.19. The largest absolute Gasteiger partial charge is 0.361 e. The van der Waals surface area contributed by atoms with E-state index in [1.54, 1.807) is 11.8 Å². The minimum Gasteiger partial charge on any atom is -0.361 e. The van der Waals surface area contributed by atoms with Crippen molar-refractivity contribution in [3.63, 3.8) is 0 Å². The highest BCUT2D eigenvalue weighted by Gasteiger charge is 2.32. The molecule has 2 atom stereocenters. The quantitative estimate of drug-likeness (QED) is 0.772. The summed E-state index contributed by atoms with van der Waals surface area (Å²) in [6, 6.07) is 6.12. The van der Waals surface area contributed by atoms with Gasteiger partial charge in [0.2, 0.25) is 6.41 Å². The molecule has 7 heteroatoms. The van der Waals surface area contributed by atoms with Crippen LogP contribution in [0.1, 0.15) is 17.3 Å². The van der Waals surface area contributed by atoms with E-state index in [1.807, 2.05) is 29.6 Å². The van der Waals surface area contributed by atoms with Crippen molar-refractivity contribution in [3.05, 3.63) is 45.7 Å². The van der Waals surface area contributed by atoms with E-state index in [0.29, 0.717) is 6.54 Å². The highest BCUT2D eigenvalue weighted by molar-refractivity contribution is 9.10. The summed E-state index contributed by atoms with van der Waals surface area (Å²) < 4.78 is 1.06. The monoisotopic (exact) mass is 404 g/mol. The van der Waals surface area contributed by atoms with Gasteiger partial charge in [-0.2, -0.15) is 0 Å². The normalized spacial score (nSPS) is 22.9. The second-order valence-electron chi connectivity index (χ2n) is 5.88. The van der Waals surface area contributed by atoms with Gasteiger partial charge >= 0.3 is 0 Å². The fraction of sp³-hybridized carbons (Fsp3) is 0.294. The molecule has 1 aromatic carbocycles. The molecule has 1 amide bonds. The zero-order chi connectivity index (χ0) is 16.7. The predicted molar refractivity (Wildman–Crippen MR) is 102 cm³/mol. The van der Waals surface area contributed by atoms with Crippen molar-refractivity contribution < 1.29 is 4.79 Å². The van der Waals surface area contributed by atoms with Crippen molar-refractivity contribution in [3.8, 4) is 0 Å². The minimum atomic E-state index is -0.128. The molecule has 2 aliphatic heterocycles. The lowest BCUT2D eigenvalue weighted by Gasteiger charge is -2.34. The summed E-state index contributed by atoms with van der Waals surface area (Å²) in [4.78, 5) is 21.5. The standard InChI is InChI=1S/C17H17BrN4OS/c1-24-17-19-7-10(8-20-17)16-15-12(4-5-22(16)9-23)13-6-11(18)2-3-14(13)21-15/h2-3,6-9,16-17,19,21H,4-5H2,1H3. The Kier molecular flexibility index (Phi) is 4.14. The summed E-state index contributed by atoms with van der Waals surface area (Å²) in [6.07, 6.45) is 7.66. The molecule has 3 heterocycles. The van der Waals surface area contributed by atoms with Crippen molar-refractivity contribution in [2.45, 2.75) is 18.0 Å². The Morgan fingerprint density at radius 3 is 3.04 bits per heavy atom. The van der Waals surface area contributed by atoms with Crippen LogP contribution in [0.2, 0.25) is 0 Å². The Labute approximate surface area is 152 Å². The van der Waals surface area contributed by atoms with Crippen LogP contribution in [0.15, 0.2) is 39.4 Å². The molecule has 0 saturated heterocycles. The summed E-state index contributed by atoms with van der Waals surface area (Å²) in [5.41, 5.74) is 4.52. The number of nitrogens with zero attached hydrogens (tertiary/aromatic N) is 2. The molecule has 0 aliphatic carbocycles. The van der Waals surface area contributed by atoms with E-state index in [0.717, 1.165) is 34.1 Å². The fourth-order valence-corrected chi connectivity index (χ4v) is 4.18. The van der Waals surface area contributed by atoms with Crippen LogP contribution in [-0.4, -0.2) is 40.8 Å². The van der Waals surface area contributed by atoms with Gasteiger partial charge in [0.1, 0.15) is 0 Å². The molecule has 2 unspecified atom stereocenters. The van der Waals surface area contributed by atoms with Gasteiger partial charge in [-0.05, 0) is 36.4 Å². The first-order valence-corrected chi connectivity index (χ1v) is 9.82. The molecular weight excluding hydrogens is 388 g/mol. The topological polar surface area (TPSA) is 60.5 Å². The van der Waals surface area contributed by atoms with Crippen LogP contribution in [0.4, 0.5) is 0 Å². The number of rotatable bonds is 3. The number of H-pyrrole nitrogens is 1. The molecule has 0 spiro atoms. The molecule has 0 bridgehead atoms. The molecular formula is C17H17BrN4OS. The number of halogens is 1. The number of hydrogen-bond acceptors (Lipinski definition) is 4. The number of thioether (sulfide) groups is 1. The second-order valence-corrected chi connectivity index (χ2v) is 7.71. The van der Waals surface area contributed by atoms with Crippen molar-refractivity contribution in [2.75, 3.05) is 12.8 Å². The van der Waals surface area contributed by atoms with Crippen LogP contribution >= 0.6 is 27.7 Å². The Hall–Kier alpha value is -1.73. The maximum absolute atomic E-state index is 11.6. The van der Waals surface area contributed by atoms with Crippen LogP contribution in [0.3, 0.4) is 0 Å². The first-order valence-electron chi connectivity index (χ1n) is 7.74. The number of aliphatic imine (C=N–C) groups is 1. The van der Waals surface area contributed by atoms with Gasteiger partial charge in [-0.3, -0.25) is 9.79 Å². The predicted octanol–water partition coefficient (Wildman–Crippen LogP) is 3.19. The molecule has 24 heavy (non-hydrogen) atoms. The van der Waals surface area contributed by atoms with Gasteiger partial charge in [0.25, 0.3) is 0 Å². The number of amides is 1. The highest BCUT2D eigenvalue weighted by Crippen LogP contribution is 2.38. The Balaban J connectivity index is 1.82. The lowest BCUT2D eigenvalue weighted by molar-refractivity contribution is -0.120. The van der Waals surface area contributed by atoms with Crippen molar-refractivity contribution in [2.24, 2.45) is 4.99 Å².